The fraction of sp³-hybridized carbons (Fsp3) is 0.667. The maximum atomic E-state index is 11.5. The molecule has 1 aromatic rings. The minimum Gasteiger partial charge on any atom is -0.464 e. The Morgan fingerprint density at radius 1 is 1.33 bits per heavy atom. The maximum Gasteiger partial charge on any atom is 0.305 e. The van der Waals surface area contributed by atoms with E-state index in [4.69, 9.17) is 4.74 Å². The molecule has 0 bridgehead atoms. The fourth-order valence-electron chi connectivity index (χ4n) is 1.97. The Labute approximate surface area is 125 Å². The number of rotatable bonds is 9. The van der Waals surface area contributed by atoms with Gasteiger partial charge in [0.15, 0.2) is 0 Å². The van der Waals surface area contributed by atoms with Crippen molar-refractivity contribution < 1.29 is 14.3 Å². The van der Waals surface area contributed by atoms with Gasteiger partial charge in [-0.05, 0) is 32.8 Å². The lowest BCUT2D eigenvalue weighted by molar-refractivity contribution is -0.144. The molecule has 0 fully saturated rings. The van der Waals surface area contributed by atoms with Crippen LogP contribution in [0.1, 0.15) is 44.0 Å². The van der Waals surface area contributed by atoms with Gasteiger partial charge in [0.2, 0.25) is 5.91 Å². The van der Waals surface area contributed by atoms with Gasteiger partial charge in [0.25, 0.3) is 0 Å². The number of amides is 1. The van der Waals surface area contributed by atoms with E-state index in [9.17, 15) is 9.59 Å². The Morgan fingerprint density at radius 2 is 2.10 bits per heavy atom. The molecule has 0 aliphatic heterocycles. The van der Waals surface area contributed by atoms with Crippen molar-refractivity contribution in [3.05, 3.63) is 17.5 Å². The molecule has 1 aromatic heterocycles. The Morgan fingerprint density at radius 3 is 2.71 bits per heavy atom. The van der Waals surface area contributed by atoms with Crippen LogP contribution in [0.5, 0.6) is 0 Å². The summed E-state index contributed by atoms with van der Waals surface area (Å²) in [5.41, 5.74) is 2.01. The molecule has 1 rings (SSSR count). The average Bonchev–Trinajstić information content (AvgIpc) is 2.75. The van der Waals surface area contributed by atoms with Crippen molar-refractivity contribution in [3.8, 4) is 0 Å². The molecule has 0 unspecified atom stereocenters. The second-order valence-electron chi connectivity index (χ2n) is 5.07. The zero-order valence-corrected chi connectivity index (χ0v) is 13.1. The van der Waals surface area contributed by atoms with Gasteiger partial charge in [-0.2, -0.15) is 5.10 Å². The summed E-state index contributed by atoms with van der Waals surface area (Å²) in [5.74, 6) is -0.271. The predicted octanol–water partition coefficient (Wildman–Crippen LogP) is 1.74. The van der Waals surface area contributed by atoms with Gasteiger partial charge >= 0.3 is 5.97 Å². The highest BCUT2D eigenvalue weighted by Crippen LogP contribution is 2.02. The largest absolute Gasteiger partial charge is 0.464 e. The van der Waals surface area contributed by atoms with Crippen molar-refractivity contribution in [2.75, 3.05) is 13.2 Å². The van der Waals surface area contributed by atoms with Crippen LogP contribution in [0.25, 0.3) is 0 Å². The number of carbonyl (C=O) groups is 2. The zero-order valence-electron chi connectivity index (χ0n) is 13.1. The summed E-state index contributed by atoms with van der Waals surface area (Å²) >= 11 is 0. The smallest absolute Gasteiger partial charge is 0.305 e. The van der Waals surface area contributed by atoms with Crippen molar-refractivity contribution in [1.82, 2.24) is 15.1 Å². The van der Waals surface area contributed by atoms with Crippen LogP contribution < -0.4 is 5.32 Å². The summed E-state index contributed by atoms with van der Waals surface area (Å²) in [6.07, 6.45) is 2.08. The van der Waals surface area contributed by atoms with E-state index in [1.54, 1.807) is 0 Å². The van der Waals surface area contributed by atoms with E-state index in [1.807, 2.05) is 31.5 Å². The third-order valence-corrected chi connectivity index (χ3v) is 3.03. The van der Waals surface area contributed by atoms with E-state index in [0.29, 0.717) is 32.5 Å². The van der Waals surface area contributed by atoms with Gasteiger partial charge in [-0.25, -0.2) is 0 Å². The standard InChI is InChI=1S/C15H25N3O3/c1-4-8-16-14(19)6-5-7-15(20)21-10-9-18-13(3)11-12(2)17-18/h11H,4-10H2,1-3H3,(H,16,19). The van der Waals surface area contributed by atoms with Crippen LogP contribution in [-0.4, -0.2) is 34.8 Å². The summed E-state index contributed by atoms with van der Waals surface area (Å²) in [6, 6.07) is 1.98. The summed E-state index contributed by atoms with van der Waals surface area (Å²) in [4.78, 5) is 22.9. The van der Waals surface area contributed by atoms with Gasteiger partial charge in [0.1, 0.15) is 6.61 Å². The van der Waals surface area contributed by atoms with Crippen LogP contribution in [0, 0.1) is 13.8 Å². The molecule has 1 heterocycles. The van der Waals surface area contributed by atoms with Crippen molar-refractivity contribution in [3.63, 3.8) is 0 Å². The molecule has 1 amide bonds. The Kier molecular flexibility index (Phi) is 7.50. The Hall–Kier alpha value is -1.85. The number of nitrogens with one attached hydrogen (secondary N) is 1. The van der Waals surface area contributed by atoms with Gasteiger partial charge in [-0.3, -0.25) is 14.3 Å². The quantitative estimate of drug-likeness (QED) is 0.704. The van der Waals surface area contributed by atoms with Gasteiger partial charge in [-0.1, -0.05) is 6.92 Å². The number of hydrogen-bond acceptors (Lipinski definition) is 4. The molecule has 0 aliphatic rings. The van der Waals surface area contributed by atoms with Crippen LogP contribution in [0.3, 0.4) is 0 Å². The molecule has 0 saturated heterocycles. The minimum atomic E-state index is -0.264. The number of esters is 1. The van der Waals surface area contributed by atoms with Crippen molar-refractivity contribution in [1.29, 1.82) is 0 Å². The predicted molar refractivity (Wildman–Crippen MR) is 79.8 cm³/mol. The lowest BCUT2D eigenvalue weighted by atomic mass is 10.2. The Bertz CT molecular complexity index is 469. The van der Waals surface area contributed by atoms with E-state index in [-0.39, 0.29) is 18.3 Å². The third kappa shape index (κ3) is 6.92. The van der Waals surface area contributed by atoms with Crippen molar-refractivity contribution in [2.45, 2.75) is 53.0 Å². The number of ether oxygens (including phenoxy) is 1. The third-order valence-electron chi connectivity index (χ3n) is 3.03. The first kappa shape index (κ1) is 17.2. The second-order valence-corrected chi connectivity index (χ2v) is 5.07. The molecule has 0 atom stereocenters. The molecule has 1 N–H and O–H groups in total. The highest BCUT2D eigenvalue weighted by atomic mass is 16.5. The van der Waals surface area contributed by atoms with Crippen molar-refractivity contribution >= 4 is 11.9 Å². The normalized spacial score (nSPS) is 10.4. The van der Waals surface area contributed by atoms with Crippen LogP contribution in [-0.2, 0) is 20.9 Å². The summed E-state index contributed by atoms with van der Waals surface area (Å²) in [7, 11) is 0. The molecule has 6 heteroatoms. The lowest BCUT2D eigenvalue weighted by Gasteiger charge is -2.07. The molecular weight excluding hydrogens is 270 g/mol. The molecule has 0 aromatic carbocycles. The summed E-state index contributed by atoms with van der Waals surface area (Å²) < 4.78 is 6.96. The van der Waals surface area contributed by atoms with Crippen LogP contribution in [0.4, 0.5) is 0 Å². The number of aromatic nitrogens is 2. The molecule has 21 heavy (non-hydrogen) atoms. The molecule has 118 valence electrons. The van der Waals surface area contributed by atoms with E-state index in [2.05, 4.69) is 10.4 Å². The molecule has 0 spiro atoms. The zero-order chi connectivity index (χ0) is 15.7. The van der Waals surface area contributed by atoms with Gasteiger partial charge in [0, 0.05) is 25.1 Å². The first-order valence-electron chi connectivity index (χ1n) is 7.46. The number of aryl methyl sites for hydroxylation is 2. The van der Waals surface area contributed by atoms with E-state index in [1.165, 1.54) is 0 Å². The van der Waals surface area contributed by atoms with Crippen LogP contribution >= 0.6 is 0 Å². The van der Waals surface area contributed by atoms with Crippen molar-refractivity contribution in [2.24, 2.45) is 0 Å². The Balaban J connectivity index is 2.11. The topological polar surface area (TPSA) is 73.2 Å². The molecule has 0 saturated carbocycles. The molecule has 0 aliphatic carbocycles. The fourth-order valence-corrected chi connectivity index (χ4v) is 1.97. The average molecular weight is 295 g/mol. The number of hydrogen-bond donors (Lipinski definition) is 1. The number of carbonyl (C=O) groups excluding carboxylic acids is 2. The molecule has 0 radical (unpaired) electrons. The molecular formula is C15H25N3O3. The molecule has 6 nitrogen and oxygen atoms in total. The number of nitrogens with zero attached hydrogens (tertiary/aromatic N) is 2. The summed E-state index contributed by atoms with van der Waals surface area (Å²) in [5, 5.41) is 7.07. The lowest BCUT2D eigenvalue weighted by Crippen LogP contribution is -2.23. The minimum absolute atomic E-state index is 0.00714. The van der Waals surface area contributed by atoms with Gasteiger partial charge in [0.05, 0.1) is 12.2 Å². The first-order chi connectivity index (χ1) is 10.0. The van der Waals surface area contributed by atoms with Gasteiger partial charge in [-0.15, -0.1) is 0 Å². The van der Waals surface area contributed by atoms with Crippen LogP contribution in [0.2, 0.25) is 0 Å². The highest BCUT2D eigenvalue weighted by molar-refractivity contribution is 5.76. The van der Waals surface area contributed by atoms with E-state index < -0.39 is 0 Å². The maximum absolute atomic E-state index is 11.5. The SMILES string of the molecule is CCCNC(=O)CCCC(=O)OCCn1nc(C)cc1C. The van der Waals surface area contributed by atoms with E-state index in [0.717, 1.165) is 17.8 Å². The monoisotopic (exact) mass is 295 g/mol. The van der Waals surface area contributed by atoms with Crippen LogP contribution in [0.15, 0.2) is 6.07 Å². The summed E-state index contributed by atoms with van der Waals surface area (Å²) in [6.45, 7) is 7.45. The highest BCUT2D eigenvalue weighted by Gasteiger charge is 2.07. The van der Waals surface area contributed by atoms with E-state index >= 15 is 0 Å². The van der Waals surface area contributed by atoms with Gasteiger partial charge < -0.3 is 10.1 Å². The second kappa shape index (κ2) is 9.15. The first-order valence-corrected chi connectivity index (χ1v) is 7.46.